The number of aromatic carboxylic acids is 1. The average molecular weight is 307 g/mol. The first kappa shape index (κ1) is 14.9. The van der Waals surface area contributed by atoms with Crippen LogP contribution in [-0.4, -0.2) is 21.0 Å². The van der Waals surface area contributed by atoms with E-state index in [1.807, 2.05) is 6.92 Å². The molecule has 0 bridgehead atoms. The van der Waals surface area contributed by atoms with Gasteiger partial charge < -0.3 is 10.4 Å². The summed E-state index contributed by atoms with van der Waals surface area (Å²) in [6, 6.07) is 4.47. The summed E-state index contributed by atoms with van der Waals surface area (Å²) in [5.41, 5.74) is 1.37. The highest BCUT2D eigenvalue weighted by molar-refractivity contribution is 7.09. The zero-order valence-corrected chi connectivity index (χ0v) is 12.2. The van der Waals surface area contributed by atoms with Crippen molar-refractivity contribution < 1.29 is 14.8 Å². The van der Waals surface area contributed by atoms with Crippen LogP contribution < -0.4 is 5.32 Å². The first-order valence-electron chi connectivity index (χ1n) is 6.08. The van der Waals surface area contributed by atoms with E-state index >= 15 is 0 Å². The van der Waals surface area contributed by atoms with E-state index < -0.39 is 10.9 Å². The third-order valence-corrected chi connectivity index (χ3v) is 3.80. The zero-order chi connectivity index (χ0) is 15.6. The molecule has 1 atom stereocenters. The van der Waals surface area contributed by atoms with E-state index in [-0.39, 0.29) is 17.4 Å². The number of non-ortho nitro benzene ring substituents is 1. The molecule has 0 radical (unpaired) electrons. The SMILES string of the molecule is Cc1cc(NC(C)c2nc(C(=O)O)cs2)cc([N+](=O)[O-])c1. The molecule has 21 heavy (non-hydrogen) atoms. The normalized spacial score (nSPS) is 11.9. The van der Waals surface area contributed by atoms with Gasteiger partial charge in [-0.25, -0.2) is 9.78 Å². The van der Waals surface area contributed by atoms with Gasteiger partial charge in [-0.2, -0.15) is 0 Å². The fraction of sp³-hybridized carbons (Fsp3) is 0.231. The molecule has 8 heteroatoms. The molecule has 1 heterocycles. The Hall–Kier alpha value is -2.48. The zero-order valence-electron chi connectivity index (χ0n) is 11.4. The molecule has 0 aliphatic heterocycles. The summed E-state index contributed by atoms with van der Waals surface area (Å²) in [6.45, 7) is 3.59. The van der Waals surface area contributed by atoms with Crippen LogP contribution in [0.15, 0.2) is 23.6 Å². The topological polar surface area (TPSA) is 105 Å². The van der Waals surface area contributed by atoms with Crippen LogP contribution in [0.3, 0.4) is 0 Å². The van der Waals surface area contributed by atoms with Gasteiger partial charge in [0.15, 0.2) is 5.69 Å². The van der Waals surface area contributed by atoms with Crippen molar-refractivity contribution in [2.75, 3.05) is 5.32 Å². The van der Waals surface area contributed by atoms with Gasteiger partial charge >= 0.3 is 5.97 Å². The van der Waals surface area contributed by atoms with Gasteiger partial charge in [0.1, 0.15) is 5.01 Å². The van der Waals surface area contributed by atoms with Crippen molar-refractivity contribution in [1.29, 1.82) is 0 Å². The maximum Gasteiger partial charge on any atom is 0.355 e. The Kier molecular flexibility index (Phi) is 4.18. The number of anilines is 1. The molecule has 110 valence electrons. The standard InChI is InChI=1S/C13H13N3O4S/c1-7-3-9(5-10(4-7)16(19)20)14-8(2)12-15-11(6-21-12)13(17)18/h3-6,8,14H,1-2H3,(H,17,18). The van der Waals surface area contributed by atoms with Gasteiger partial charge in [0.2, 0.25) is 0 Å². The van der Waals surface area contributed by atoms with Crippen molar-refractivity contribution >= 4 is 28.7 Å². The Balaban J connectivity index is 2.20. The van der Waals surface area contributed by atoms with Crippen LogP contribution in [0.5, 0.6) is 0 Å². The van der Waals surface area contributed by atoms with Crippen molar-refractivity contribution in [3.63, 3.8) is 0 Å². The number of nitro benzene ring substituents is 1. The predicted octanol–water partition coefficient (Wildman–Crippen LogP) is 3.23. The molecule has 0 spiro atoms. The second kappa shape index (κ2) is 5.88. The molecule has 0 saturated carbocycles. The summed E-state index contributed by atoms with van der Waals surface area (Å²) in [4.78, 5) is 25.2. The summed E-state index contributed by atoms with van der Waals surface area (Å²) in [5, 5.41) is 24.9. The molecule has 0 fully saturated rings. The lowest BCUT2D eigenvalue weighted by molar-refractivity contribution is -0.384. The lowest BCUT2D eigenvalue weighted by atomic mass is 10.2. The number of rotatable bonds is 5. The van der Waals surface area contributed by atoms with Gasteiger partial charge in [0.25, 0.3) is 5.69 Å². The number of nitrogens with one attached hydrogen (secondary N) is 1. The number of hydrogen-bond donors (Lipinski definition) is 2. The molecule has 7 nitrogen and oxygen atoms in total. The van der Waals surface area contributed by atoms with E-state index in [0.717, 1.165) is 5.56 Å². The summed E-state index contributed by atoms with van der Waals surface area (Å²) in [6.07, 6.45) is 0. The highest BCUT2D eigenvalue weighted by Gasteiger charge is 2.15. The second-order valence-corrected chi connectivity index (χ2v) is 5.45. The number of benzene rings is 1. The molecule has 0 aliphatic carbocycles. The Morgan fingerprint density at radius 1 is 1.48 bits per heavy atom. The smallest absolute Gasteiger partial charge is 0.355 e. The Morgan fingerprint density at radius 3 is 2.76 bits per heavy atom. The summed E-state index contributed by atoms with van der Waals surface area (Å²) >= 11 is 1.23. The fourth-order valence-corrected chi connectivity index (χ4v) is 2.65. The van der Waals surface area contributed by atoms with Crippen LogP contribution in [0, 0.1) is 17.0 Å². The van der Waals surface area contributed by atoms with E-state index in [1.165, 1.54) is 28.8 Å². The van der Waals surface area contributed by atoms with Gasteiger partial charge in [-0.1, -0.05) is 0 Å². The Morgan fingerprint density at radius 2 is 2.19 bits per heavy atom. The monoisotopic (exact) mass is 307 g/mol. The molecule has 2 aromatic rings. The number of aromatic nitrogens is 1. The van der Waals surface area contributed by atoms with Gasteiger partial charge in [0.05, 0.1) is 11.0 Å². The van der Waals surface area contributed by atoms with Gasteiger partial charge in [-0.15, -0.1) is 11.3 Å². The third-order valence-electron chi connectivity index (χ3n) is 2.77. The van der Waals surface area contributed by atoms with Crippen LogP contribution in [0.4, 0.5) is 11.4 Å². The van der Waals surface area contributed by atoms with Crippen molar-refractivity contribution in [3.8, 4) is 0 Å². The second-order valence-electron chi connectivity index (χ2n) is 4.56. The lowest BCUT2D eigenvalue weighted by Crippen LogP contribution is -2.07. The van der Waals surface area contributed by atoms with Crippen LogP contribution in [0.2, 0.25) is 0 Å². The van der Waals surface area contributed by atoms with E-state index in [9.17, 15) is 14.9 Å². The number of thiazole rings is 1. The molecular weight excluding hydrogens is 294 g/mol. The number of nitrogens with zero attached hydrogens (tertiary/aromatic N) is 2. The van der Waals surface area contributed by atoms with Crippen LogP contribution in [0.25, 0.3) is 0 Å². The average Bonchev–Trinajstić information content (AvgIpc) is 2.87. The summed E-state index contributed by atoms with van der Waals surface area (Å²) in [7, 11) is 0. The molecule has 1 aromatic carbocycles. The van der Waals surface area contributed by atoms with Crippen LogP contribution >= 0.6 is 11.3 Å². The molecule has 0 saturated heterocycles. The number of carboxylic acids is 1. The first-order valence-corrected chi connectivity index (χ1v) is 6.96. The molecule has 0 aliphatic rings. The van der Waals surface area contributed by atoms with E-state index in [1.54, 1.807) is 13.0 Å². The Labute approximate surface area is 124 Å². The number of nitro groups is 1. The van der Waals surface area contributed by atoms with Gasteiger partial charge in [-0.05, 0) is 25.5 Å². The van der Waals surface area contributed by atoms with E-state index in [4.69, 9.17) is 5.11 Å². The van der Waals surface area contributed by atoms with Gasteiger partial charge in [0, 0.05) is 23.2 Å². The van der Waals surface area contributed by atoms with Crippen LogP contribution in [0.1, 0.15) is 34.0 Å². The third kappa shape index (κ3) is 3.54. The van der Waals surface area contributed by atoms with E-state index in [0.29, 0.717) is 10.7 Å². The fourth-order valence-electron chi connectivity index (χ4n) is 1.85. The maximum absolute atomic E-state index is 10.8. The minimum absolute atomic E-state index is 0.00104. The molecule has 2 rings (SSSR count). The number of carbonyl (C=O) groups is 1. The first-order chi connectivity index (χ1) is 9.86. The van der Waals surface area contributed by atoms with E-state index in [2.05, 4.69) is 10.3 Å². The molecular formula is C13H13N3O4S. The van der Waals surface area contributed by atoms with Crippen molar-refractivity contribution in [1.82, 2.24) is 4.98 Å². The van der Waals surface area contributed by atoms with Crippen molar-refractivity contribution in [2.24, 2.45) is 0 Å². The predicted molar refractivity (Wildman–Crippen MR) is 78.9 cm³/mol. The van der Waals surface area contributed by atoms with Crippen LogP contribution in [-0.2, 0) is 0 Å². The molecule has 1 aromatic heterocycles. The quantitative estimate of drug-likeness (QED) is 0.649. The maximum atomic E-state index is 10.8. The highest BCUT2D eigenvalue weighted by atomic mass is 32.1. The number of carboxylic acid groups (broad SMARTS) is 1. The highest BCUT2D eigenvalue weighted by Crippen LogP contribution is 2.26. The number of hydrogen-bond acceptors (Lipinski definition) is 6. The summed E-state index contributed by atoms with van der Waals surface area (Å²) < 4.78 is 0. The van der Waals surface area contributed by atoms with Crippen molar-refractivity contribution in [3.05, 3.63) is 50.0 Å². The number of aryl methyl sites for hydroxylation is 1. The molecule has 2 N–H and O–H groups in total. The largest absolute Gasteiger partial charge is 0.476 e. The lowest BCUT2D eigenvalue weighted by Gasteiger charge is -2.13. The summed E-state index contributed by atoms with van der Waals surface area (Å²) in [5.74, 6) is -1.07. The van der Waals surface area contributed by atoms with Gasteiger partial charge in [-0.3, -0.25) is 10.1 Å². The minimum atomic E-state index is -1.07. The minimum Gasteiger partial charge on any atom is -0.476 e. The molecule has 0 amide bonds. The Bertz CT molecular complexity index is 698. The molecule has 1 unspecified atom stereocenters. The van der Waals surface area contributed by atoms with Crippen molar-refractivity contribution in [2.45, 2.75) is 19.9 Å².